The van der Waals surface area contributed by atoms with Crippen molar-refractivity contribution in [3.05, 3.63) is 102 Å². The number of amides is 2. The average Bonchev–Trinajstić information content (AvgIpc) is 3.59. The van der Waals surface area contributed by atoms with Gasteiger partial charge in [0.25, 0.3) is 0 Å². The fourth-order valence-corrected chi connectivity index (χ4v) is 5.27. The van der Waals surface area contributed by atoms with Crippen LogP contribution in [0.4, 0.5) is 4.79 Å². The van der Waals surface area contributed by atoms with E-state index in [2.05, 4.69) is 26.0 Å². The van der Waals surface area contributed by atoms with Gasteiger partial charge in [0.1, 0.15) is 11.6 Å². The maximum Gasteiger partial charge on any atom is 0.407 e. The predicted octanol–water partition coefficient (Wildman–Crippen LogP) is 3.66. The van der Waals surface area contributed by atoms with Gasteiger partial charge in [-0.2, -0.15) is 4.80 Å². The largest absolute Gasteiger partial charge is 0.453 e. The molecule has 4 rings (SSSR count). The summed E-state index contributed by atoms with van der Waals surface area (Å²) in [5.41, 5.74) is 3.27. The molecule has 0 spiro atoms. The number of benzene rings is 3. The van der Waals surface area contributed by atoms with Crippen LogP contribution in [0.2, 0.25) is 0 Å². The van der Waals surface area contributed by atoms with Crippen LogP contribution in [-0.4, -0.2) is 74.2 Å². The van der Waals surface area contributed by atoms with E-state index in [1.807, 2.05) is 113 Å². The number of hydrogen-bond donors (Lipinski definition) is 4. The van der Waals surface area contributed by atoms with Gasteiger partial charge >= 0.3 is 6.09 Å². The molecule has 0 saturated heterocycles. The van der Waals surface area contributed by atoms with E-state index in [0.29, 0.717) is 25.2 Å². The third-order valence-corrected chi connectivity index (χ3v) is 8.46. The zero-order chi connectivity index (χ0) is 34.0. The highest BCUT2D eigenvalue weighted by Gasteiger charge is 2.31. The van der Waals surface area contributed by atoms with Crippen molar-refractivity contribution in [2.24, 2.45) is 11.8 Å². The van der Waals surface area contributed by atoms with E-state index in [1.54, 1.807) is 4.80 Å². The summed E-state index contributed by atoms with van der Waals surface area (Å²) in [5, 5.41) is 31.7. The van der Waals surface area contributed by atoms with Crippen LogP contribution in [-0.2, 0) is 28.0 Å². The van der Waals surface area contributed by atoms with Gasteiger partial charge in [0.15, 0.2) is 0 Å². The minimum Gasteiger partial charge on any atom is -0.453 e. The van der Waals surface area contributed by atoms with Crippen molar-refractivity contribution in [1.29, 1.82) is 0 Å². The Bertz CT molecular complexity index is 1560. The number of carbonyl (C=O) groups is 2. The van der Waals surface area contributed by atoms with Gasteiger partial charge < -0.3 is 20.5 Å². The van der Waals surface area contributed by atoms with Crippen molar-refractivity contribution in [1.82, 2.24) is 35.8 Å². The van der Waals surface area contributed by atoms with Crippen LogP contribution < -0.4 is 16.5 Å². The van der Waals surface area contributed by atoms with Gasteiger partial charge in [-0.15, -0.1) is 10.2 Å². The van der Waals surface area contributed by atoms with Crippen LogP contribution in [0.1, 0.15) is 50.8 Å². The molecular formula is C35H46N8O4. The lowest BCUT2D eigenvalue weighted by atomic mass is 9.95. The second-order valence-electron chi connectivity index (χ2n) is 12.3. The summed E-state index contributed by atoms with van der Waals surface area (Å²) >= 11 is 0. The lowest BCUT2D eigenvalue weighted by Gasteiger charge is -2.30. The Hall–Kier alpha value is -4.65. The molecule has 4 atom stereocenters. The first kappa shape index (κ1) is 35.2. The Kier molecular flexibility index (Phi) is 12.2. The minimum absolute atomic E-state index is 0.0857. The molecule has 0 bridgehead atoms. The number of nitrogens with zero attached hydrogens (tertiary/aromatic N) is 5. The summed E-state index contributed by atoms with van der Waals surface area (Å²) in [6, 6.07) is 25.8. The smallest absolute Gasteiger partial charge is 0.407 e. The molecule has 2 unspecified atom stereocenters. The van der Waals surface area contributed by atoms with Gasteiger partial charge in [0.05, 0.1) is 19.3 Å². The number of hydrogen-bond acceptors (Lipinski definition) is 9. The molecule has 2 amide bonds. The Labute approximate surface area is 276 Å². The molecule has 5 N–H and O–H groups in total. The Morgan fingerprint density at radius 3 is 2.23 bits per heavy atom. The van der Waals surface area contributed by atoms with Crippen LogP contribution in [0.3, 0.4) is 0 Å². The van der Waals surface area contributed by atoms with Crippen LogP contribution >= 0.6 is 0 Å². The molecular weight excluding hydrogens is 596 g/mol. The van der Waals surface area contributed by atoms with Crippen LogP contribution in [0.15, 0.2) is 84.9 Å². The number of nitrogens with one attached hydrogen (secondary N) is 2. The number of aliphatic hydroxyl groups excluding tert-OH is 1. The number of alkyl carbamates (subject to hydrolysis) is 1. The Morgan fingerprint density at radius 1 is 0.979 bits per heavy atom. The first-order valence-corrected chi connectivity index (χ1v) is 15.8. The third kappa shape index (κ3) is 9.44. The number of ether oxygens (including phenoxy) is 1. The molecule has 1 aromatic heterocycles. The fourth-order valence-electron chi connectivity index (χ4n) is 5.27. The Balaban J connectivity index is 1.42. The lowest BCUT2D eigenvalue weighted by Crippen LogP contribution is -2.57. The topological polar surface area (TPSA) is 161 Å². The molecule has 3 aromatic carbocycles. The molecule has 0 aliphatic rings. The van der Waals surface area contributed by atoms with Gasteiger partial charge in [0, 0.05) is 18.7 Å². The zero-order valence-corrected chi connectivity index (χ0v) is 27.7. The van der Waals surface area contributed by atoms with Crippen LogP contribution in [0.5, 0.6) is 0 Å². The van der Waals surface area contributed by atoms with Gasteiger partial charge in [-0.25, -0.2) is 9.80 Å². The first-order chi connectivity index (χ1) is 22.5. The van der Waals surface area contributed by atoms with E-state index in [4.69, 9.17) is 10.6 Å². The van der Waals surface area contributed by atoms with Crippen molar-refractivity contribution < 1.29 is 19.4 Å². The molecule has 4 aromatic rings. The number of aliphatic hydroxyl groups is 1. The molecule has 0 radical (unpaired) electrons. The van der Waals surface area contributed by atoms with Crippen molar-refractivity contribution in [2.75, 3.05) is 13.7 Å². The number of tetrazole rings is 1. The zero-order valence-electron chi connectivity index (χ0n) is 27.7. The Morgan fingerprint density at radius 2 is 1.62 bits per heavy atom. The molecule has 0 fully saturated rings. The average molecular weight is 643 g/mol. The molecule has 0 aliphatic carbocycles. The molecule has 0 aliphatic heterocycles. The molecule has 47 heavy (non-hydrogen) atoms. The SMILES string of the molecule is CC[C@H](C)[C@H](NC(=O)OC)C(=O)NC(Cc1ccccc1)C(O)CN(N)Cc1ccc(-c2nnn(C(C)(C)c3ccccc3)n2)cc1. The number of methoxy groups -OCH3 is 1. The van der Waals surface area contributed by atoms with Crippen molar-refractivity contribution in [3.8, 4) is 11.4 Å². The normalized spacial score (nSPS) is 14.2. The standard InChI is InChI=1S/C35H46N8O4/c1-6-24(2)31(38-34(46)47-5)33(45)37-29(21-25-13-9-7-10-14-25)30(44)23-42(36)22-26-17-19-27(20-18-26)32-39-41-43(40-32)35(3,4)28-15-11-8-12-16-28/h7-20,24,29-31,44H,6,21-23,36H2,1-5H3,(H,37,45)(H,38,46)/t24-,29?,30?,31-/m0/s1. The van der Waals surface area contributed by atoms with Crippen molar-refractivity contribution >= 4 is 12.0 Å². The monoisotopic (exact) mass is 642 g/mol. The molecule has 12 nitrogen and oxygen atoms in total. The van der Waals surface area contributed by atoms with E-state index in [-0.39, 0.29) is 12.5 Å². The second kappa shape index (κ2) is 16.3. The van der Waals surface area contributed by atoms with Gasteiger partial charge in [-0.1, -0.05) is 105 Å². The molecule has 1 heterocycles. The van der Waals surface area contributed by atoms with E-state index in [1.165, 1.54) is 12.1 Å². The minimum atomic E-state index is -1.01. The summed E-state index contributed by atoms with van der Waals surface area (Å²) in [6.45, 7) is 8.33. The third-order valence-electron chi connectivity index (χ3n) is 8.46. The van der Waals surface area contributed by atoms with E-state index in [0.717, 1.165) is 22.3 Å². The number of carbonyl (C=O) groups excluding carboxylic acids is 2. The second-order valence-corrected chi connectivity index (χ2v) is 12.3. The van der Waals surface area contributed by atoms with Gasteiger partial charge in [-0.05, 0) is 48.1 Å². The first-order valence-electron chi connectivity index (χ1n) is 15.8. The number of aromatic nitrogens is 4. The number of nitrogens with two attached hydrogens (primary N) is 1. The number of rotatable bonds is 15. The van der Waals surface area contributed by atoms with E-state index >= 15 is 0 Å². The summed E-state index contributed by atoms with van der Waals surface area (Å²) in [4.78, 5) is 27.0. The number of hydrazine groups is 1. The van der Waals surface area contributed by atoms with Gasteiger partial charge in [-0.3, -0.25) is 10.6 Å². The lowest BCUT2D eigenvalue weighted by molar-refractivity contribution is -0.126. The maximum absolute atomic E-state index is 13.4. The van der Waals surface area contributed by atoms with Crippen molar-refractivity contribution in [3.63, 3.8) is 0 Å². The predicted molar refractivity (Wildman–Crippen MR) is 180 cm³/mol. The molecule has 12 heteroatoms. The quantitative estimate of drug-likeness (QED) is 0.112. The highest BCUT2D eigenvalue weighted by atomic mass is 16.5. The summed E-state index contributed by atoms with van der Waals surface area (Å²) < 4.78 is 4.73. The van der Waals surface area contributed by atoms with Crippen molar-refractivity contribution in [2.45, 2.75) is 70.8 Å². The highest BCUT2D eigenvalue weighted by molar-refractivity contribution is 5.86. The fraction of sp³-hybridized carbons (Fsp3) is 0.400. The van der Waals surface area contributed by atoms with Gasteiger partial charge in [0.2, 0.25) is 11.7 Å². The summed E-state index contributed by atoms with van der Waals surface area (Å²) in [6.07, 6.45) is -0.674. The molecule has 250 valence electrons. The van der Waals surface area contributed by atoms with Crippen LogP contribution in [0, 0.1) is 5.92 Å². The summed E-state index contributed by atoms with van der Waals surface area (Å²) in [7, 11) is 1.25. The van der Waals surface area contributed by atoms with E-state index in [9.17, 15) is 14.7 Å². The highest BCUT2D eigenvalue weighted by Crippen LogP contribution is 2.25. The maximum atomic E-state index is 13.4. The molecule has 0 saturated carbocycles. The summed E-state index contributed by atoms with van der Waals surface area (Å²) in [5.74, 6) is 6.34. The van der Waals surface area contributed by atoms with E-state index < -0.39 is 35.7 Å². The van der Waals surface area contributed by atoms with Crippen LogP contribution in [0.25, 0.3) is 11.4 Å².